The molecule has 0 saturated heterocycles. The first-order valence-corrected chi connectivity index (χ1v) is 3.82. The maximum atomic E-state index is 12.9. The van der Waals surface area contributed by atoms with Crippen LogP contribution in [0.4, 0.5) is 4.39 Å². The van der Waals surface area contributed by atoms with Crippen molar-refractivity contribution in [3.8, 4) is 5.75 Å². The van der Waals surface area contributed by atoms with Crippen LogP contribution in [0.5, 0.6) is 5.75 Å². The lowest BCUT2D eigenvalue weighted by atomic mass is 10.1. The quantitative estimate of drug-likeness (QED) is 0.725. The van der Waals surface area contributed by atoms with E-state index < -0.39 is 11.9 Å². The van der Waals surface area contributed by atoms with Crippen LogP contribution in [-0.2, 0) is 0 Å². The van der Waals surface area contributed by atoms with Crippen LogP contribution >= 0.6 is 0 Å². The van der Waals surface area contributed by atoms with Crippen LogP contribution in [0.15, 0.2) is 30.9 Å². The number of methoxy groups -OCH3 is 1. The van der Waals surface area contributed by atoms with Crippen molar-refractivity contribution in [2.45, 2.75) is 6.10 Å². The van der Waals surface area contributed by atoms with E-state index in [-0.39, 0.29) is 0 Å². The highest BCUT2D eigenvalue weighted by atomic mass is 19.1. The van der Waals surface area contributed by atoms with E-state index in [2.05, 4.69) is 6.58 Å². The van der Waals surface area contributed by atoms with E-state index >= 15 is 0 Å². The Morgan fingerprint density at radius 1 is 1.54 bits per heavy atom. The monoisotopic (exact) mass is 182 g/mol. The molecule has 1 atom stereocenters. The lowest BCUT2D eigenvalue weighted by Gasteiger charge is -2.07. The number of aliphatic hydroxyl groups excluding tert-OH is 1. The highest BCUT2D eigenvalue weighted by Gasteiger charge is 2.06. The molecule has 1 N–H and O–H groups in total. The highest BCUT2D eigenvalue weighted by Crippen LogP contribution is 2.21. The lowest BCUT2D eigenvalue weighted by molar-refractivity contribution is 0.228. The molecule has 0 spiro atoms. The third kappa shape index (κ3) is 2.29. The zero-order valence-corrected chi connectivity index (χ0v) is 7.33. The summed E-state index contributed by atoms with van der Waals surface area (Å²) in [5.41, 5.74) is 0.437. The molecule has 13 heavy (non-hydrogen) atoms. The van der Waals surface area contributed by atoms with E-state index in [1.54, 1.807) is 6.07 Å². The van der Waals surface area contributed by atoms with Crippen molar-refractivity contribution >= 4 is 0 Å². The van der Waals surface area contributed by atoms with E-state index in [1.165, 1.54) is 25.3 Å². The minimum absolute atomic E-state index is 0.385. The first kappa shape index (κ1) is 9.74. The van der Waals surface area contributed by atoms with Gasteiger partial charge >= 0.3 is 0 Å². The van der Waals surface area contributed by atoms with Gasteiger partial charge in [0.05, 0.1) is 13.2 Å². The molecule has 0 aliphatic heterocycles. The molecule has 2 nitrogen and oxygen atoms in total. The van der Waals surface area contributed by atoms with E-state index in [9.17, 15) is 9.50 Å². The van der Waals surface area contributed by atoms with E-state index in [0.29, 0.717) is 11.3 Å². The SMILES string of the molecule is C=CC(O)c1cc(F)cc(OC)c1. The predicted octanol–water partition coefficient (Wildman–Crippen LogP) is 2.05. The minimum Gasteiger partial charge on any atom is -0.497 e. The van der Waals surface area contributed by atoms with Crippen LogP contribution in [-0.4, -0.2) is 12.2 Å². The van der Waals surface area contributed by atoms with Gasteiger partial charge in [0.2, 0.25) is 0 Å². The molecule has 1 rings (SSSR count). The normalized spacial score (nSPS) is 12.2. The van der Waals surface area contributed by atoms with Gasteiger partial charge in [-0.2, -0.15) is 0 Å². The van der Waals surface area contributed by atoms with Crippen LogP contribution in [0.2, 0.25) is 0 Å². The summed E-state index contributed by atoms with van der Waals surface area (Å²) in [7, 11) is 1.44. The minimum atomic E-state index is -0.857. The van der Waals surface area contributed by atoms with Gasteiger partial charge in [0, 0.05) is 6.07 Å². The Kier molecular flexibility index (Phi) is 3.03. The second-order valence-electron chi connectivity index (χ2n) is 2.60. The van der Waals surface area contributed by atoms with Crippen molar-refractivity contribution in [1.29, 1.82) is 0 Å². The number of aliphatic hydroxyl groups is 1. The topological polar surface area (TPSA) is 29.5 Å². The standard InChI is InChI=1S/C10H11FO2/c1-3-10(12)7-4-8(11)6-9(5-7)13-2/h3-6,10,12H,1H2,2H3. The van der Waals surface area contributed by atoms with Gasteiger partial charge in [-0.15, -0.1) is 6.58 Å². The molecule has 0 amide bonds. The fraction of sp³-hybridized carbons (Fsp3) is 0.200. The van der Waals surface area contributed by atoms with Crippen LogP contribution in [0, 0.1) is 5.82 Å². The molecule has 1 unspecified atom stereocenters. The maximum Gasteiger partial charge on any atom is 0.127 e. The average molecular weight is 182 g/mol. The van der Waals surface area contributed by atoms with Crippen LogP contribution in [0.3, 0.4) is 0 Å². The summed E-state index contributed by atoms with van der Waals surface area (Å²) in [4.78, 5) is 0. The summed E-state index contributed by atoms with van der Waals surface area (Å²) in [6.45, 7) is 3.41. The largest absolute Gasteiger partial charge is 0.497 e. The Hall–Kier alpha value is -1.35. The Bertz CT molecular complexity index is 310. The van der Waals surface area contributed by atoms with Gasteiger partial charge < -0.3 is 9.84 Å². The first-order valence-electron chi connectivity index (χ1n) is 3.82. The Labute approximate surface area is 76.3 Å². The molecule has 0 fully saturated rings. The molecule has 1 aromatic carbocycles. The molecule has 0 aromatic heterocycles. The summed E-state index contributed by atoms with van der Waals surface area (Å²) in [6, 6.07) is 4.06. The van der Waals surface area contributed by atoms with Gasteiger partial charge in [0.15, 0.2) is 0 Å². The molecule has 0 heterocycles. The van der Waals surface area contributed by atoms with Crippen molar-refractivity contribution in [1.82, 2.24) is 0 Å². The van der Waals surface area contributed by atoms with Gasteiger partial charge in [0.1, 0.15) is 11.6 Å². The predicted molar refractivity (Wildman–Crippen MR) is 48.1 cm³/mol. The Morgan fingerprint density at radius 3 is 2.77 bits per heavy atom. The smallest absolute Gasteiger partial charge is 0.127 e. The number of rotatable bonds is 3. The summed E-state index contributed by atoms with van der Waals surface area (Å²) in [6.07, 6.45) is 0.471. The molecule has 3 heteroatoms. The number of ether oxygens (including phenoxy) is 1. The van der Waals surface area contributed by atoms with Crippen molar-refractivity contribution < 1.29 is 14.2 Å². The summed E-state index contributed by atoms with van der Waals surface area (Å²) < 4.78 is 17.7. The van der Waals surface area contributed by atoms with E-state index in [4.69, 9.17) is 4.74 Å². The van der Waals surface area contributed by atoms with E-state index in [0.717, 1.165) is 0 Å². The second-order valence-corrected chi connectivity index (χ2v) is 2.60. The molecular weight excluding hydrogens is 171 g/mol. The van der Waals surface area contributed by atoms with Crippen molar-refractivity contribution in [3.05, 3.63) is 42.2 Å². The summed E-state index contributed by atoms with van der Waals surface area (Å²) >= 11 is 0. The zero-order valence-electron chi connectivity index (χ0n) is 7.33. The van der Waals surface area contributed by atoms with Crippen molar-refractivity contribution in [3.63, 3.8) is 0 Å². The number of hydrogen-bond acceptors (Lipinski definition) is 2. The highest BCUT2D eigenvalue weighted by molar-refractivity contribution is 5.32. The molecule has 0 saturated carbocycles. The van der Waals surface area contributed by atoms with Crippen molar-refractivity contribution in [2.24, 2.45) is 0 Å². The van der Waals surface area contributed by atoms with Crippen LogP contribution in [0.1, 0.15) is 11.7 Å². The van der Waals surface area contributed by atoms with Gasteiger partial charge in [-0.05, 0) is 17.7 Å². The van der Waals surface area contributed by atoms with Crippen LogP contribution < -0.4 is 4.74 Å². The average Bonchev–Trinajstić information content (AvgIpc) is 2.15. The first-order chi connectivity index (χ1) is 6.17. The maximum absolute atomic E-state index is 12.9. The summed E-state index contributed by atoms with van der Waals surface area (Å²) in [5.74, 6) is -0.0499. The summed E-state index contributed by atoms with van der Waals surface area (Å²) in [5, 5.41) is 9.33. The molecule has 70 valence electrons. The van der Waals surface area contributed by atoms with Gasteiger partial charge in [-0.25, -0.2) is 4.39 Å². The Balaban J connectivity index is 3.07. The fourth-order valence-corrected chi connectivity index (χ4v) is 1.01. The van der Waals surface area contributed by atoms with Crippen LogP contribution in [0.25, 0.3) is 0 Å². The molecular formula is C10H11FO2. The molecule has 0 aliphatic rings. The fourth-order valence-electron chi connectivity index (χ4n) is 1.01. The van der Waals surface area contributed by atoms with Gasteiger partial charge in [0.25, 0.3) is 0 Å². The second kappa shape index (κ2) is 4.05. The molecule has 0 aliphatic carbocycles. The van der Waals surface area contributed by atoms with Crippen molar-refractivity contribution in [2.75, 3.05) is 7.11 Å². The van der Waals surface area contributed by atoms with E-state index in [1.807, 2.05) is 0 Å². The lowest BCUT2D eigenvalue weighted by Crippen LogP contribution is -1.95. The number of benzene rings is 1. The van der Waals surface area contributed by atoms with Gasteiger partial charge in [-0.1, -0.05) is 6.08 Å². The number of halogens is 1. The van der Waals surface area contributed by atoms with Gasteiger partial charge in [-0.3, -0.25) is 0 Å². The molecule has 0 radical (unpaired) electrons. The third-order valence-electron chi connectivity index (χ3n) is 1.69. The Morgan fingerprint density at radius 2 is 2.23 bits per heavy atom. The molecule has 0 bridgehead atoms. The third-order valence-corrected chi connectivity index (χ3v) is 1.69. The zero-order chi connectivity index (χ0) is 9.84. The number of hydrogen-bond donors (Lipinski definition) is 1. The molecule has 1 aromatic rings.